The van der Waals surface area contributed by atoms with Crippen LogP contribution in [-0.4, -0.2) is 34.4 Å². The van der Waals surface area contributed by atoms with Gasteiger partial charge >= 0.3 is 0 Å². The maximum absolute atomic E-state index is 12.3. The molecule has 1 aromatic carbocycles. The van der Waals surface area contributed by atoms with Gasteiger partial charge in [-0.2, -0.15) is 5.10 Å². The number of carbonyl (C=O) groups excluding carboxylic acids is 1. The van der Waals surface area contributed by atoms with E-state index >= 15 is 0 Å². The predicted octanol–water partition coefficient (Wildman–Crippen LogP) is 2.32. The molecule has 5 nitrogen and oxygen atoms in total. The number of carbonyl (C=O) groups is 1. The Morgan fingerprint density at radius 2 is 2.18 bits per heavy atom. The molecule has 1 aromatic heterocycles. The van der Waals surface area contributed by atoms with Gasteiger partial charge in [-0.3, -0.25) is 9.89 Å². The van der Waals surface area contributed by atoms with Gasteiger partial charge in [0, 0.05) is 5.39 Å². The predicted molar refractivity (Wildman–Crippen MR) is 83.5 cm³/mol. The molecule has 1 aliphatic carbocycles. The fourth-order valence-electron chi connectivity index (χ4n) is 3.89. The molecule has 5 heteroatoms. The highest BCUT2D eigenvalue weighted by Gasteiger charge is 2.42. The van der Waals surface area contributed by atoms with E-state index in [1.54, 1.807) is 0 Å². The molecule has 2 aliphatic rings. The van der Waals surface area contributed by atoms with E-state index in [4.69, 9.17) is 4.74 Å². The van der Waals surface area contributed by atoms with Crippen LogP contribution < -0.4 is 5.32 Å². The van der Waals surface area contributed by atoms with Crippen molar-refractivity contribution in [3.8, 4) is 0 Å². The standard InChI is InChI=1S/C17H21N3O2/c21-16(9-15-13-5-1-2-6-14(13)19-20-15)18-12-10-17(22-11-12)7-3-4-8-17/h1-2,5-6,12H,3-4,7-11H2,(H,18,21)(H,19,20)/t12-/m1/s1. The van der Waals surface area contributed by atoms with Crippen LogP contribution in [0.15, 0.2) is 24.3 Å². The number of ether oxygens (including phenoxy) is 1. The first kappa shape index (κ1) is 13.8. The Morgan fingerprint density at radius 1 is 1.36 bits per heavy atom. The van der Waals surface area contributed by atoms with Gasteiger partial charge in [0.2, 0.25) is 5.91 Å². The summed E-state index contributed by atoms with van der Waals surface area (Å²) in [4.78, 5) is 12.3. The largest absolute Gasteiger partial charge is 0.373 e. The molecule has 2 N–H and O–H groups in total. The van der Waals surface area contributed by atoms with E-state index < -0.39 is 0 Å². The zero-order valence-electron chi connectivity index (χ0n) is 12.6. The number of hydrogen-bond acceptors (Lipinski definition) is 3. The van der Waals surface area contributed by atoms with Crippen LogP contribution in [0.3, 0.4) is 0 Å². The summed E-state index contributed by atoms with van der Waals surface area (Å²) in [6.45, 7) is 0.648. The molecule has 0 unspecified atom stereocenters. The highest BCUT2D eigenvalue weighted by atomic mass is 16.5. The van der Waals surface area contributed by atoms with Crippen molar-refractivity contribution in [1.82, 2.24) is 15.5 Å². The molecule has 116 valence electrons. The van der Waals surface area contributed by atoms with Crippen molar-refractivity contribution in [2.45, 2.75) is 50.2 Å². The minimum atomic E-state index is 0.0399. The first-order chi connectivity index (χ1) is 10.7. The van der Waals surface area contributed by atoms with E-state index in [2.05, 4.69) is 15.5 Å². The van der Waals surface area contributed by atoms with Gasteiger partial charge in [-0.1, -0.05) is 31.0 Å². The number of aromatic nitrogens is 2. The van der Waals surface area contributed by atoms with Gasteiger partial charge in [0.25, 0.3) is 0 Å². The number of benzene rings is 1. The molecule has 1 aliphatic heterocycles. The van der Waals surface area contributed by atoms with Crippen molar-refractivity contribution in [2.75, 3.05) is 6.61 Å². The van der Waals surface area contributed by atoms with Crippen LogP contribution in [0.4, 0.5) is 0 Å². The van der Waals surface area contributed by atoms with Crippen molar-refractivity contribution in [1.29, 1.82) is 0 Å². The Morgan fingerprint density at radius 3 is 3.05 bits per heavy atom. The second kappa shape index (κ2) is 5.39. The van der Waals surface area contributed by atoms with Crippen LogP contribution in [0.2, 0.25) is 0 Å². The Bertz CT molecular complexity index is 688. The normalized spacial score (nSPS) is 23.4. The van der Waals surface area contributed by atoms with Gasteiger partial charge in [-0.15, -0.1) is 0 Å². The smallest absolute Gasteiger partial charge is 0.226 e. The second-order valence-electron chi connectivity index (χ2n) is 6.57. The Labute approximate surface area is 129 Å². The molecular weight excluding hydrogens is 278 g/mol. The molecule has 22 heavy (non-hydrogen) atoms. The number of amides is 1. The number of fused-ring (bicyclic) bond motifs is 1. The number of nitrogens with one attached hydrogen (secondary N) is 2. The van der Waals surface area contributed by atoms with E-state index in [-0.39, 0.29) is 17.6 Å². The number of hydrogen-bond donors (Lipinski definition) is 2. The molecule has 2 fully saturated rings. The summed E-state index contributed by atoms with van der Waals surface area (Å²) < 4.78 is 5.99. The zero-order chi connectivity index (χ0) is 15.0. The lowest BCUT2D eigenvalue weighted by Gasteiger charge is -2.21. The molecular formula is C17H21N3O2. The van der Waals surface area contributed by atoms with E-state index in [0.29, 0.717) is 13.0 Å². The molecule has 1 spiro atoms. The van der Waals surface area contributed by atoms with E-state index in [1.165, 1.54) is 12.8 Å². The third-order valence-corrected chi connectivity index (χ3v) is 4.97. The van der Waals surface area contributed by atoms with Crippen molar-refractivity contribution < 1.29 is 9.53 Å². The van der Waals surface area contributed by atoms with Crippen LogP contribution in [0.25, 0.3) is 10.9 Å². The summed E-state index contributed by atoms with van der Waals surface area (Å²) in [6.07, 6.45) is 6.09. The number of aromatic amines is 1. The van der Waals surface area contributed by atoms with Crippen molar-refractivity contribution in [2.24, 2.45) is 0 Å². The second-order valence-corrected chi connectivity index (χ2v) is 6.57. The molecule has 0 bridgehead atoms. The fraction of sp³-hybridized carbons (Fsp3) is 0.529. The lowest BCUT2D eigenvalue weighted by atomic mass is 9.96. The SMILES string of the molecule is O=C(Cc1[nH]nc2ccccc12)N[C@H]1COC2(CCCC2)C1. The van der Waals surface area contributed by atoms with Crippen molar-refractivity contribution >= 4 is 16.8 Å². The number of para-hydroxylation sites is 1. The maximum atomic E-state index is 12.3. The highest BCUT2D eigenvalue weighted by Crippen LogP contribution is 2.40. The van der Waals surface area contributed by atoms with E-state index in [9.17, 15) is 4.79 Å². The first-order valence-electron chi connectivity index (χ1n) is 8.09. The summed E-state index contributed by atoms with van der Waals surface area (Å²) in [6, 6.07) is 8.01. The monoisotopic (exact) mass is 299 g/mol. The summed E-state index contributed by atoms with van der Waals surface area (Å²) in [5.41, 5.74) is 1.83. The van der Waals surface area contributed by atoms with Gasteiger partial charge in [0.15, 0.2) is 0 Å². The van der Waals surface area contributed by atoms with Gasteiger partial charge in [0.1, 0.15) is 0 Å². The third-order valence-electron chi connectivity index (χ3n) is 4.97. The van der Waals surface area contributed by atoms with Gasteiger partial charge in [0.05, 0.1) is 35.9 Å². The summed E-state index contributed by atoms with van der Waals surface area (Å²) in [7, 11) is 0. The number of nitrogens with zero attached hydrogens (tertiary/aromatic N) is 1. The molecule has 1 saturated heterocycles. The Kier molecular flexibility index (Phi) is 3.37. The van der Waals surface area contributed by atoms with Crippen LogP contribution in [-0.2, 0) is 16.0 Å². The molecule has 2 heterocycles. The van der Waals surface area contributed by atoms with E-state index in [0.717, 1.165) is 35.9 Å². The lowest BCUT2D eigenvalue weighted by Crippen LogP contribution is -2.37. The average Bonchev–Trinajstić information content (AvgIpc) is 3.23. The van der Waals surface area contributed by atoms with Crippen LogP contribution in [0.1, 0.15) is 37.8 Å². The van der Waals surface area contributed by atoms with Gasteiger partial charge < -0.3 is 10.1 Å². The topological polar surface area (TPSA) is 67.0 Å². The minimum Gasteiger partial charge on any atom is -0.373 e. The summed E-state index contributed by atoms with van der Waals surface area (Å²) in [5, 5.41) is 11.3. The molecule has 1 atom stereocenters. The summed E-state index contributed by atoms with van der Waals surface area (Å²) >= 11 is 0. The molecule has 1 amide bonds. The molecule has 2 aromatic rings. The highest BCUT2D eigenvalue weighted by molar-refractivity contribution is 5.87. The number of H-pyrrole nitrogens is 1. The summed E-state index contributed by atoms with van der Waals surface area (Å²) in [5.74, 6) is 0.0399. The fourth-order valence-corrected chi connectivity index (χ4v) is 3.89. The molecule has 4 rings (SSSR count). The quantitative estimate of drug-likeness (QED) is 0.914. The zero-order valence-corrected chi connectivity index (χ0v) is 12.6. The average molecular weight is 299 g/mol. The van der Waals surface area contributed by atoms with Gasteiger partial charge in [-0.05, 0) is 25.3 Å². The Hall–Kier alpha value is -1.88. The number of rotatable bonds is 3. The first-order valence-corrected chi connectivity index (χ1v) is 8.09. The lowest BCUT2D eigenvalue weighted by molar-refractivity contribution is -0.121. The minimum absolute atomic E-state index is 0.0399. The molecule has 1 saturated carbocycles. The van der Waals surface area contributed by atoms with Gasteiger partial charge in [-0.25, -0.2) is 0 Å². The van der Waals surface area contributed by atoms with Crippen molar-refractivity contribution in [3.63, 3.8) is 0 Å². The molecule has 0 radical (unpaired) electrons. The van der Waals surface area contributed by atoms with Crippen LogP contribution >= 0.6 is 0 Å². The van der Waals surface area contributed by atoms with E-state index in [1.807, 2.05) is 24.3 Å². The van der Waals surface area contributed by atoms with Crippen LogP contribution in [0, 0.1) is 0 Å². The third kappa shape index (κ3) is 2.50. The van der Waals surface area contributed by atoms with Crippen LogP contribution in [0.5, 0.6) is 0 Å². The van der Waals surface area contributed by atoms with Crippen molar-refractivity contribution in [3.05, 3.63) is 30.0 Å². The maximum Gasteiger partial charge on any atom is 0.226 e. The Balaban J connectivity index is 1.39.